The van der Waals surface area contributed by atoms with Crippen LogP contribution in [0.4, 0.5) is 5.69 Å². The molecule has 1 aromatic rings. The normalized spacial score (nSPS) is 20.0. The van der Waals surface area contributed by atoms with Gasteiger partial charge in [-0.1, -0.05) is 27.7 Å². The maximum absolute atomic E-state index is 10.8. The number of nitro groups is 1. The third-order valence-corrected chi connectivity index (χ3v) is 3.65. The quantitative estimate of drug-likeness (QED) is 0.600. The predicted molar refractivity (Wildman–Crippen MR) is 65.4 cm³/mol. The Morgan fingerprint density at radius 3 is 2.12 bits per heavy atom. The molecule has 0 fully saturated rings. The van der Waals surface area contributed by atoms with Gasteiger partial charge in [-0.15, -0.1) is 0 Å². The monoisotopic (exact) mass is 235 g/mol. The van der Waals surface area contributed by atoms with E-state index in [1.54, 1.807) is 6.07 Å². The number of aromatic hydroxyl groups is 1. The van der Waals surface area contributed by atoms with Gasteiger partial charge in [0.1, 0.15) is 0 Å². The minimum atomic E-state index is -0.531. The third kappa shape index (κ3) is 1.68. The maximum atomic E-state index is 10.8. The van der Waals surface area contributed by atoms with Crippen LogP contribution in [0.3, 0.4) is 0 Å². The highest BCUT2D eigenvalue weighted by Gasteiger charge is 2.43. The summed E-state index contributed by atoms with van der Waals surface area (Å²) in [5.74, 6) is -0.237. The zero-order chi connectivity index (χ0) is 13.0. The number of nitrogens with zero attached hydrogens (tertiary/aromatic N) is 1. The largest absolute Gasteiger partial charge is 0.502 e. The second-order valence-corrected chi connectivity index (χ2v) is 6.09. The Morgan fingerprint density at radius 1 is 1.18 bits per heavy atom. The topological polar surface area (TPSA) is 63.4 Å². The van der Waals surface area contributed by atoms with E-state index < -0.39 is 4.92 Å². The molecule has 0 aliphatic heterocycles. The average Bonchev–Trinajstić information content (AvgIpc) is 2.30. The Morgan fingerprint density at radius 2 is 1.65 bits per heavy atom. The molecule has 0 saturated heterocycles. The van der Waals surface area contributed by atoms with Crippen molar-refractivity contribution in [2.45, 2.75) is 44.9 Å². The van der Waals surface area contributed by atoms with Crippen LogP contribution in [0.5, 0.6) is 5.75 Å². The van der Waals surface area contributed by atoms with E-state index in [1.165, 1.54) is 6.07 Å². The van der Waals surface area contributed by atoms with E-state index in [2.05, 4.69) is 27.7 Å². The highest BCUT2D eigenvalue weighted by atomic mass is 16.6. The summed E-state index contributed by atoms with van der Waals surface area (Å²) in [5.41, 5.74) is 1.66. The summed E-state index contributed by atoms with van der Waals surface area (Å²) in [5, 5.41) is 20.5. The first-order chi connectivity index (χ1) is 7.65. The van der Waals surface area contributed by atoms with Crippen LogP contribution in [-0.2, 0) is 10.8 Å². The van der Waals surface area contributed by atoms with Crippen LogP contribution in [0, 0.1) is 10.1 Å². The lowest BCUT2D eigenvalue weighted by Crippen LogP contribution is -2.17. The first kappa shape index (κ1) is 11.9. The van der Waals surface area contributed by atoms with Gasteiger partial charge >= 0.3 is 5.69 Å². The lowest BCUT2D eigenvalue weighted by molar-refractivity contribution is -0.386. The van der Waals surface area contributed by atoms with Crippen molar-refractivity contribution in [1.29, 1.82) is 0 Å². The molecule has 17 heavy (non-hydrogen) atoms. The molecule has 0 heterocycles. The maximum Gasteiger partial charge on any atom is 0.311 e. The molecule has 0 saturated carbocycles. The summed E-state index contributed by atoms with van der Waals surface area (Å²) in [6.45, 7) is 8.38. The smallest absolute Gasteiger partial charge is 0.311 e. The van der Waals surface area contributed by atoms with Gasteiger partial charge in [-0.05, 0) is 34.4 Å². The molecule has 0 atom stereocenters. The molecule has 0 amide bonds. The van der Waals surface area contributed by atoms with Crippen molar-refractivity contribution in [2.24, 2.45) is 0 Å². The first-order valence-corrected chi connectivity index (χ1v) is 5.67. The van der Waals surface area contributed by atoms with Crippen LogP contribution < -0.4 is 0 Å². The van der Waals surface area contributed by atoms with Gasteiger partial charge in [-0.2, -0.15) is 0 Å². The Balaban J connectivity index is 2.72. The molecule has 0 bridgehead atoms. The highest BCUT2D eigenvalue weighted by molar-refractivity contribution is 5.57. The Kier molecular flexibility index (Phi) is 2.25. The summed E-state index contributed by atoms with van der Waals surface area (Å²) in [7, 11) is 0. The zero-order valence-corrected chi connectivity index (χ0v) is 10.6. The number of fused-ring (bicyclic) bond motifs is 1. The lowest BCUT2D eigenvalue weighted by atomic mass is 9.82. The van der Waals surface area contributed by atoms with E-state index >= 15 is 0 Å². The van der Waals surface area contributed by atoms with Crippen molar-refractivity contribution >= 4 is 5.69 Å². The minimum absolute atomic E-state index is 0.0502. The molecular weight excluding hydrogens is 218 g/mol. The predicted octanol–water partition coefficient (Wildman–Crippen LogP) is 3.26. The molecule has 0 radical (unpaired) electrons. The number of hydrogen-bond donors (Lipinski definition) is 1. The van der Waals surface area contributed by atoms with Crippen molar-refractivity contribution in [3.63, 3.8) is 0 Å². The second-order valence-electron chi connectivity index (χ2n) is 6.09. The van der Waals surface area contributed by atoms with Crippen LogP contribution in [0.15, 0.2) is 12.1 Å². The molecule has 1 aromatic carbocycles. The van der Waals surface area contributed by atoms with Crippen molar-refractivity contribution in [2.75, 3.05) is 0 Å². The van der Waals surface area contributed by atoms with E-state index in [-0.39, 0.29) is 22.3 Å². The van der Waals surface area contributed by atoms with Crippen molar-refractivity contribution in [1.82, 2.24) is 0 Å². The molecule has 2 rings (SSSR count). The summed E-state index contributed by atoms with van der Waals surface area (Å²) in [6.07, 6.45) is 0.927. The third-order valence-electron chi connectivity index (χ3n) is 3.65. The van der Waals surface area contributed by atoms with E-state index in [4.69, 9.17) is 0 Å². The van der Waals surface area contributed by atoms with Crippen LogP contribution in [-0.4, -0.2) is 10.0 Å². The molecule has 0 aromatic heterocycles. The van der Waals surface area contributed by atoms with Crippen molar-refractivity contribution in [3.05, 3.63) is 33.4 Å². The van der Waals surface area contributed by atoms with E-state index in [0.29, 0.717) is 0 Å². The SMILES string of the molecule is CC1(C)CC(C)(C)c2cc([N+](=O)[O-])c(O)cc21. The molecule has 92 valence electrons. The fraction of sp³-hybridized carbons (Fsp3) is 0.538. The van der Waals surface area contributed by atoms with Crippen LogP contribution in [0.25, 0.3) is 0 Å². The number of rotatable bonds is 1. The fourth-order valence-electron chi connectivity index (χ4n) is 3.14. The summed E-state index contributed by atoms with van der Waals surface area (Å²) in [6, 6.07) is 3.08. The highest BCUT2D eigenvalue weighted by Crippen LogP contribution is 2.51. The van der Waals surface area contributed by atoms with E-state index in [0.717, 1.165) is 17.5 Å². The van der Waals surface area contributed by atoms with Gasteiger partial charge in [-0.3, -0.25) is 10.1 Å². The van der Waals surface area contributed by atoms with Gasteiger partial charge in [-0.25, -0.2) is 0 Å². The van der Waals surface area contributed by atoms with Crippen LogP contribution in [0.2, 0.25) is 0 Å². The summed E-state index contributed by atoms with van der Waals surface area (Å²) >= 11 is 0. The van der Waals surface area contributed by atoms with Crippen molar-refractivity contribution < 1.29 is 10.0 Å². The van der Waals surface area contributed by atoms with Crippen LogP contribution >= 0.6 is 0 Å². The molecule has 4 heteroatoms. The average molecular weight is 235 g/mol. The molecular formula is C13H17NO3. The number of nitro benzene ring substituents is 1. The minimum Gasteiger partial charge on any atom is -0.502 e. The van der Waals surface area contributed by atoms with Gasteiger partial charge in [0, 0.05) is 6.07 Å². The number of benzene rings is 1. The molecule has 4 nitrogen and oxygen atoms in total. The standard InChI is InChI=1S/C13H17NO3/c1-12(2)7-13(3,4)9-6-11(15)10(14(16)17)5-8(9)12/h5-6,15H,7H2,1-4H3. The molecule has 1 aliphatic carbocycles. The van der Waals surface area contributed by atoms with Crippen LogP contribution in [0.1, 0.15) is 45.2 Å². The molecule has 1 aliphatic rings. The first-order valence-electron chi connectivity index (χ1n) is 5.67. The molecule has 1 N–H and O–H groups in total. The van der Waals surface area contributed by atoms with Gasteiger partial charge in [0.25, 0.3) is 0 Å². The Bertz CT molecular complexity index is 504. The van der Waals surface area contributed by atoms with Gasteiger partial charge < -0.3 is 5.11 Å². The van der Waals surface area contributed by atoms with Crippen molar-refractivity contribution in [3.8, 4) is 5.75 Å². The number of phenols is 1. The fourth-order valence-corrected chi connectivity index (χ4v) is 3.14. The number of phenolic OH excluding ortho intramolecular Hbond substituents is 1. The van der Waals surface area contributed by atoms with Gasteiger partial charge in [0.05, 0.1) is 4.92 Å². The molecule has 0 spiro atoms. The Hall–Kier alpha value is -1.58. The van der Waals surface area contributed by atoms with Gasteiger partial charge in [0.2, 0.25) is 0 Å². The zero-order valence-electron chi connectivity index (χ0n) is 10.6. The summed E-state index contributed by atoms with van der Waals surface area (Å²) in [4.78, 5) is 10.3. The summed E-state index contributed by atoms with van der Waals surface area (Å²) < 4.78 is 0. The second kappa shape index (κ2) is 3.22. The number of hydrogen-bond acceptors (Lipinski definition) is 3. The lowest BCUT2D eigenvalue weighted by Gasteiger charge is -2.22. The van der Waals surface area contributed by atoms with Gasteiger partial charge in [0.15, 0.2) is 5.75 Å². The van der Waals surface area contributed by atoms with E-state index in [9.17, 15) is 15.2 Å². The van der Waals surface area contributed by atoms with E-state index in [1.807, 2.05) is 0 Å². The molecule has 0 unspecified atom stereocenters. The Labute approximate surface area is 100 Å².